The SMILES string of the molecule is CC1COC(C2(C)CSC(N3NCC(C(=O)O)C3(C)C(F)(F)F)=N2)C(C)C1[N+](=O)[O-]. The van der Waals surface area contributed by atoms with E-state index in [9.17, 15) is 33.2 Å². The number of nitrogens with one attached hydrogen (secondary N) is 1. The molecule has 9 nitrogen and oxygen atoms in total. The predicted molar refractivity (Wildman–Crippen MR) is 103 cm³/mol. The van der Waals surface area contributed by atoms with E-state index in [1.54, 1.807) is 20.8 Å². The molecule has 3 aliphatic rings. The Kier molecular flexibility index (Phi) is 5.78. The van der Waals surface area contributed by atoms with Crippen molar-refractivity contribution in [1.29, 1.82) is 0 Å². The summed E-state index contributed by atoms with van der Waals surface area (Å²) in [5.74, 6) is -3.79. The number of ether oxygens (including phenoxy) is 1. The minimum absolute atomic E-state index is 0.00755. The Morgan fingerprint density at radius 1 is 1.43 bits per heavy atom. The van der Waals surface area contributed by atoms with Crippen LogP contribution in [0, 0.1) is 27.9 Å². The second kappa shape index (κ2) is 7.52. The third-order valence-electron chi connectivity index (χ3n) is 6.50. The number of thioether (sulfide) groups is 1. The first-order valence-corrected chi connectivity index (χ1v) is 10.5. The molecule has 0 radical (unpaired) electrons. The van der Waals surface area contributed by atoms with Crippen LogP contribution in [0.25, 0.3) is 0 Å². The molecule has 0 amide bonds. The molecule has 0 bridgehead atoms. The van der Waals surface area contributed by atoms with Crippen molar-refractivity contribution in [3.63, 3.8) is 0 Å². The average Bonchev–Trinajstić information content (AvgIpc) is 3.16. The Hall–Kier alpha value is -1.60. The first kappa shape index (κ1) is 23.1. The van der Waals surface area contributed by atoms with Gasteiger partial charge in [0.2, 0.25) is 6.04 Å². The first-order chi connectivity index (χ1) is 13.7. The number of rotatable bonds is 3. The van der Waals surface area contributed by atoms with E-state index in [4.69, 9.17) is 4.74 Å². The highest BCUT2D eigenvalue weighted by Gasteiger charge is 2.67. The van der Waals surface area contributed by atoms with Crippen molar-refractivity contribution in [2.45, 2.75) is 57.1 Å². The normalized spacial score (nSPS) is 42.3. The summed E-state index contributed by atoms with van der Waals surface area (Å²) in [5.41, 5.74) is -1.13. The van der Waals surface area contributed by atoms with Gasteiger partial charge in [0.05, 0.1) is 24.2 Å². The van der Waals surface area contributed by atoms with Crippen molar-refractivity contribution in [2.75, 3.05) is 18.9 Å². The van der Waals surface area contributed by atoms with Gasteiger partial charge in [-0.25, -0.2) is 5.43 Å². The molecule has 2 N–H and O–H groups in total. The van der Waals surface area contributed by atoms with Crippen LogP contribution in [-0.2, 0) is 9.53 Å². The molecule has 7 unspecified atom stereocenters. The number of nitro groups is 1. The summed E-state index contributed by atoms with van der Waals surface area (Å²) >= 11 is 1.06. The van der Waals surface area contributed by atoms with Gasteiger partial charge in [-0.1, -0.05) is 25.6 Å². The zero-order valence-electron chi connectivity index (χ0n) is 17.0. The lowest BCUT2D eigenvalue weighted by atomic mass is 9.78. The van der Waals surface area contributed by atoms with Crippen LogP contribution >= 0.6 is 11.8 Å². The molecule has 0 aromatic heterocycles. The van der Waals surface area contributed by atoms with Crippen molar-refractivity contribution in [1.82, 2.24) is 10.4 Å². The van der Waals surface area contributed by atoms with Crippen LogP contribution in [0.2, 0.25) is 0 Å². The van der Waals surface area contributed by atoms with Crippen LogP contribution in [0.15, 0.2) is 4.99 Å². The molecular weight excluding hydrogens is 429 g/mol. The van der Waals surface area contributed by atoms with Gasteiger partial charge in [0.25, 0.3) is 0 Å². The minimum atomic E-state index is -4.83. The van der Waals surface area contributed by atoms with E-state index in [1.165, 1.54) is 0 Å². The second-order valence-electron chi connectivity index (χ2n) is 8.64. The Labute approximate surface area is 175 Å². The maximum atomic E-state index is 13.9. The Morgan fingerprint density at radius 2 is 2.07 bits per heavy atom. The smallest absolute Gasteiger partial charge is 0.413 e. The molecule has 0 aliphatic carbocycles. The average molecular weight is 454 g/mol. The lowest BCUT2D eigenvalue weighted by molar-refractivity contribution is -0.550. The summed E-state index contributed by atoms with van der Waals surface area (Å²) in [7, 11) is 0. The molecule has 13 heteroatoms. The van der Waals surface area contributed by atoms with Crippen molar-refractivity contribution >= 4 is 22.9 Å². The molecule has 0 spiro atoms. The van der Waals surface area contributed by atoms with Crippen molar-refractivity contribution in [3.8, 4) is 0 Å². The van der Waals surface area contributed by atoms with Crippen LogP contribution in [0.4, 0.5) is 13.2 Å². The topological polar surface area (TPSA) is 117 Å². The molecular formula is C17H25F3N4O5S. The molecule has 2 fully saturated rings. The van der Waals surface area contributed by atoms with E-state index in [1.807, 2.05) is 0 Å². The number of aliphatic carboxylic acids is 1. The van der Waals surface area contributed by atoms with Gasteiger partial charge in [0.15, 0.2) is 10.7 Å². The van der Waals surface area contributed by atoms with E-state index in [2.05, 4.69) is 10.4 Å². The van der Waals surface area contributed by atoms with Crippen molar-refractivity contribution in [3.05, 3.63) is 10.1 Å². The van der Waals surface area contributed by atoms with E-state index in [0.717, 1.165) is 23.7 Å². The summed E-state index contributed by atoms with van der Waals surface area (Å²) in [6.45, 7) is 5.75. The van der Waals surface area contributed by atoms with Crippen LogP contribution in [0.3, 0.4) is 0 Å². The number of aliphatic imine (C=N–C) groups is 1. The Morgan fingerprint density at radius 3 is 2.60 bits per heavy atom. The zero-order chi connectivity index (χ0) is 22.6. The molecule has 3 heterocycles. The van der Waals surface area contributed by atoms with E-state index >= 15 is 0 Å². The van der Waals surface area contributed by atoms with Crippen molar-refractivity contribution in [2.24, 2.45) is 22.7 Å². The summed E-state index contributed by atoms with van der Waals surface area (Å²) in [6, 6.07) is -0.841. The van der Waals surface area contributed by atoms with Crippen molar-refractivity contribution < 1.29 is 32.7 Å². The number of amidine groups is 1. The lowest BCUT2D eigenvalue weighted by Gasteiger charge is -2.41. The van der Waals surface area contributed by atoms with Crippen LogP contribution < -0.4 is 5.43 Å². The first-order valence-electron chi connectivity index (χ1n) is 9.55. The maximum absolute atomic E-state index is 13.9. The maximum Gasteiger partial charge on any atom is 0.413 e. The Bertz CT molecular complexity index is 768. The highest BCUT2D eigenvalue weighted by atomic mass is 32.2. The van der Waals surface area contributed by atoms with E-state index < -0.39 is 47.2 Å². The molecule has 7 atom stereocenters. The standard InChI is InChI=1S/C17H25F3N4O5S/c1-8-6-29-12(9(2)11(8)24(27)28)15(3)7-30-14(22-15)23-16(4,17(18,19)20)10(5-21-23)13(25)26/h8-12,21H,5-7H2,1-4H3,(H,25,26). The number of carboxylic acid groups (broad SMARTS) is 1. The number of alkyl halides is 3. The number of carboxylic acids is 1. The van der Waals surface area contributed by atoms with Crippen LogP contribution in [0.5, 0.6) is 0 Å². The van der Waals surface area contributed by atoms with E-state index in [0.29, 0.717) is 0 Å². The largest absolute Gasteiger partial charge is 0.481 e. The van der Waals surface area contributed by atoms with Gasteiger partial charge >= 0.3 is 12.1 Å². The third kappa shape index (κ3) is 3.44. The molecule has 0 saturated carbocycles. The van der Waals surface area contributed by atoms with Crippen LogP contribution in [-0.4, -0.2) is 74.5 Å². The zero-order valence-corrected chi connectivity index (χ0v) is 17.8. The van der Waals surface area contributed by atoms with Gasteiger partial charge < -0.3 is 9.84 Å². The second-order valence-corrected chi connectivity index (χ2v) is 9.58. The lowest BCUT2D eigenvalue weighted by Crippen LogP contribution is -2.61. The van der Waals surface area contributed by atoms with Gasteiger partial charge in [-0.05, 0) is 13.8 Å². The van der Waals surface area contributed by atoms with Crippen LogP contribution in [0.1, 0.15) is 27.7 Å². The number of hydrazine groups is 1. The number of hydrogen-bond donors (Lipinski definition) is 2. The molecule has 3 rings (SSSR count). The summed E-state index contributed by atoms with van der Waals surface area (Å²) in [6.07, 6.45) is -5.48. The highest BCUT2D eigenvalue weighted by molar-refractivity contribution is 8.14. The van der Waals surface area contributed by atoms with Gasteiger partial charge in [-0.15, -0.1) is 0 Å². The fourth-order valence-electron chi connectivity index (χ4n) is 4.72. The number of carbonyl (C=O) groups is 1. The summed E-state index contributed by atoms with van der Waals surface area (Å²) in [5, 5.41) is 21.6. The predicted octanol–water partition coefficient (Wildman–Crippen LogP) is 2.01. The number of hydrogen-bond acceptors (Lipinski definition) is 8. The quantitative estimate of drug-likeness (QED) is 0.491. The molecule has 0 aromatic rings. The molecule has 2 saturated heterocycles. The summed E-state index contributed by atoms with van der Waals surface area (Å²) < 4.78 is 47.7. The molecule has 170 valence electrons. The fraction of sp³-hybridized carbons (Fsp3) is 0.882. The number of nitrogens with zero attached hydrogens (tertiary/aromatic N) is 3. The minimum Gasteiger partial charge on any atom is -0.481 e. The monoisotopic (exact) mass is 454 g/mol. The molecule has 3 aliphatic heterocycles. The number of halogens is 3. The van der Waals surface area contributed by atoms with Gasteiger partial charge in [0.1, 0.15) is 5.92 Å². The van der Waals surface area contributed by atoms with Gasteiger partial charge in [-0.3, -0.25) is 24.9 Å². The Balaban J connectivity index is 1.92. The molecule has 30 heavy (non-hydrogen) atoms. The molecule has 0 aromatic carbocycles. The third-order valence-corrected chi connectivity index (χ3v) is 7.76. The fourth-order valence-corrected chi connectivity index (χ4v) is 6.03. The highest BCUT2D eigenvalue weighted by Crippen LogP contribution is 2.47. The van der Waals surface area contributed by atoms with Gasteiger partial charge in [0, 0.05) is 23.1 Å². The van der Waals surface area contributed by atoms with Gasteiger partial charge in [-0.2, -0.15) is 13.2 Å². The summed E-state index contributed by atoms with van der Waals surface area (Å²) in [4.78, 5) is 27.2. The van der Waals surface area contributed by atoms with E-state index in [-0.39, 0.29) is 34.9 Å².